The zero-order valence-electron chi connectivity index (χ0n) is 15.4. The number of ether oxygens (including phenoxy) is 1. The van der Waals surface area contributed by atoms with E-state index in [0.717, 1.165) is 24.9 Å². The molecule has 0 aromatic heterocycles. The van der Waals surface area contributed by atoms with Crippen molar-refractivity contribution in [3.8, 4) is 0 Å². The molecule has 134 valence electrons. The average molecular weight is 336 g/mol. The molecule has 1 heterocycles. The smallest absolute Gasteiger partial charge is 0.410 e. The summed E-state index contributed by atoms with van der Waals surface area (Å²) in [6.07, 6.45) is 1.57. The molecule has 1 amide bonds. The van der Waals surface area contributed by atoms with Crippen molar-refractivity contribution in [3.63, 3.8) is 0 Å². The fraction of sp³-hybridized carbons (Fsp3) is 0.632. The number of hydrogen-bond donors (Lipinski definition) is 1. The van der Waals surface area contributed by atoms with Crippen LogP contribution in [0.5, 0.6) is 0 Å². The third-order valence-corrected chi connectivity index (χ3v) is 4.24. The third-order valence-electron chi connectivity index (χ3n) is 4.24. The lowest BCUT2D eigenvalue weighted by Crippen LogP contribution is -2.46. The van der Waals surface area contributed by atoms with Crippen LogP contribution in [0.2, 0.25) is 0 Å². The quantitative estimate of drug-likeness (QED) is 0.909. The van der Waals surface area contributed by atoms with E-state index in [4.69, 9.17) is 4.74 Å². The molecule has 1 aromatic carbocycles. The van der Waals surface area contributed by atoms with Gasteiger partial charge in [-0.05, 0) is 64.2 Å². The highest BCUT2D eigenvalue weighted by Crippen LogP contribution is 2.17. The Hall–Kier alpha value is -1.62. The molecule has 0 radical (unpaired) electrons. The number of aryl methyl sites for hydroxylation is 2. The van der Waals surface area contributed by atoms with E-state index >= 15 is 0 Å². The summed E-state index contributed by atoms with van der Waals surface area (Å²) in [4.78, 5) is 13.8. The van der Waals surface area contributed by atoms with Crippen molar-refractivity contribution in [2.75, 3.05) is 13.1 Å². The van der Waals surface area contributed by atoms with E-state index in [0.29, 0.717) is 30.3 Å². The first kappa shape index (κ1) is 18.7. The molecule has 0 unspecified atom stereocenters. The summed E-state index contributed by atoms with van der Waals surface area (Å²) in [6, 6.07) is 4.16. The maximum atomic E-state index is 13.7. The first-order valence-corrected chi connectivity index (χ1v) is 8.62. The highest BCUT2D eigenvalue weighted by Gasteiger charge is 2.26. The summed E-state index contributed by atoms with van der Waals surface area (Å²) in [5.74, 6) is -0.121. The molecule has 1 N–H and O–H groups in total. The zero-order valence-corrected chi connectivity index (χ0v) is 15.4. The molecular formula is C19H29FN2O2. The van der Waals surface area contributed by atoms with Gasteiger partial charge >= 0.3 is 6.09 Å². The van der Waals surface area contributed by atoms with Gasteiger partial charge in [-0.3, -0.25) is 0 Å². The van der Waals surface area contributed by atoms with E-state index < -0.39 is 5.60 Å². The van der Waals surface area contributed by atoms with Crippen LogP contribution in [0, 0.1) is 19.7 Å². The molecule has 2 rings (SSSR count). The van der Waals surface area contributed by atoms with Crippen molar-refractivity contribution >= 4 is 6.09 Å². The summed E-state index contributed by atoms with van der Waals surface area (Å²) in [7, 11) is 0. The SMILES string of the molecule is Cc1cc(CNC2CCN(C(=O)OC(C)(C)C)CC2)cc(C)c1F. The lowest BCUT2D eigenvalue weighted by molar-refractivity contribution is 0.0198. The zero-order chi connectivity index (χ0) is 17.9. The molecule has 0 saturated carbocycles. The minimum atomic E-state index is -0.454. The normalized spacial score (nSPS) is 16.3. The van der Waals surface area contributed by atoms with E-state index in [-0.39, 0.29) is 11.9 Å². The Morgan fingerprint density at radius 1 is 1.25 bits per heavy atom. The van der Waals surface area contributed by atoms with Gasteiger partial charge in [-0.15, -0.1) is 0 Å². The van der Waals surface area contributed by atoms with Crippen LogP contribution >= 0.6 is 0 Å². The van der Waals surface area contributed by atoms with Crippen molar-refractivity contribution in [3.05, 3.63) is 34.6 Å². The van der Waals surface area contributed by atoms with Gasteiger partial charge in [-0.25, -0.2) is 9.18 Å². The highest BCUT2D eigenvalue weighted by atomic mass is 19.1. The maximum absolute atomic E-state index is 13.7. The Bertz CT molecular complexity index is 565. The molecular weight excluding hydrogens is 307 g/mol. The van der Waals surface area contributed by atoms with Crippen LogP contribution in [-0.2, 0) is 11.3 Å². The van der Waals surface area contributed by atoms with E-state index in [9.17, 15) is 9.18 Å². The van der Waals surface area contributed by atoms with Crippen LogP contribution in [0.4, 0.5) is 9.18 Å². The van der Waals surface area contributed by atoms with Gasteiger partial charge in [0.1, 0.15) is 11.4 Å². The van der Waals surface area contributed by atoms with Gasteiger partial charge in [0.05, 0.1) is 0 Å². The molecule has 4 nitrogen and oxygen atoms in total. The lowest BCUT2D eigenvalue weighted by Gasteiger charge is -2.33. The summed E-state index contributed by atoms with van der Waals surface area (Å²) in [5, 5.41) is 3.52. The molecule has 0 atom stereocenters. The number of nitrogens with zero attached hydrogens (tertiary/aromatic N) is 1. The second-order valence-electron chi connectivity index (χ2n) is 7.67. The molecule has 1 fully saturated rings. The van der Waals surface area contributed by atoms with Crippen LogP contribution in [-0.4, -0.2) is 35.7 Å². The van der Waals surface area contributed by atoms with Crippen molar-refractivity contribution in [2.24, 2.45) is 0 Å². The van der Waals surface area contributed by atoms with Crippen LogP contribution in [0.1, 0.15) is 50.3 Å². The molecule has 0 aliphatic carbocycles. The number of nitrogens with one attached hydrogen (secondary N) is 1. The first-order chi connectivity index (χ1) is 11.2. The van der Waals surface area contributed by atoms with Gasteiger partial charge in [0.2, 0.25) is 0 Å². The van der Waals surface area contributed by atoms with E-state index in [1.54, 1.807) is 18.7 Å². The second-order valence-corrected chi connectivity index (χ2v) is 7.67. The standard InChI is InChI=1S/C19H29FN2O2/c1-13-10-15(11-14(2)17(13)20)12-21-16-6-8-22(9-7-16)18(23)24-19(3,4)5/h10-11,16,21H,6-9,12H2,1-5H3. The number of likely N-dealkylation sites (tertiary alicyclic amines) is 1. The summed E-state index contributed by atoms with van der Waals surface area (Å²) in [6.45, 7) is 11.4. The number of piperidine rings is 1. The topological polar surface area (TPSA) is 41.6 Å². The van der Waals surface area contributed by atoms with Gasteiger partial charge in [0, 0.05) is 25.7 Å². The summed E-state index contributed by atoms with van der Waals surface area (Å²) in [5.41, 5.74) is 2.02. The van der Waals surface area contributed by atoms with Gasteiger partial charge in [0.25, 0.3) is 0 Å². The number of amides is 1. The molecule has 0 bridgehead atoms. The Balaban J connectivity index is 1.80. The van der Waals surface area contributed by atoms with Gasteiger partial charge < -0.3 is 15.0 Å². The van der Waals surface area contributed by atoms with Gasteiger partial charge in [-0.1, -0.05) is 12.1 Å². The molecule has 0 spiro atoms. The van der Waals surface area contributed by atoms with Crippen LogP contribution < -0.4 is 5.32 Å². The second kappa shape index (κ2) is 7.51. The Labute approximate surface area is 144 Å². The van der Waals surface area contributed by atoms with Crippen LogP contribution in [0.3, 0.4) is 0 Å². The monoisotopic (exact) mass is 336 g/mol. The van der Waals surface area contributed by atoms with E-state index in [1.165, 1.54) is 0 Å². The Morgan fingerprint density at radius 2 is 1.79 bits per heavy atom. The summed E-state index contributed by atoms with van der Waals surface area (Å²) >= 11 is 0. The number of halogens is 1. The maximum Gasteiger partial charge on any atom is 0.410 e. The highest BCUT2D eigenvalue weighted by molar-refractivity contribution is 5.68. The van der Waals surface area contributed by atoms with E-state index in [2.05, 4.69) is 5.32 Å². The average Bonchev–Trinajstić information content (AvgIpc) is 2.49. The van der Waals surface area contributed by atoms with E-state index in [1.807, 2.05) is 32.9 Å². The molecule has 24 heavy (non-hydrogen) atoms. The number of rotatable bonds is 3. The molecule has 1 aliphatic heterocycles. The predicted molar refractivity (Wildman–Crippen MR) is 93.5 cm³/mol. The van der Waals surface area contributed by atoms with Crippen molar-refractivity contribution in [2.45, 2.75) is 65.6 Å². The fourth-order valence-corrected chi connectivity index (χ4v) is 2.99. The molecule has 5 heteroatoms. The van der Waals surface area contributed by atoms with Gasteiger partial charge in [0.15, 0.2) is 0 Å². The van der Waals surface area contributed by atoms with Crippen molar-refractivity contribution in [1.82, 2.24) is 10.2 Å². The minimum Gasteiger partial charge on any atom is -0.444 e. The van der Waals surface area contributed by atoms with Gasteiger partial charge in [-0.2, -0.15) is 0 Å². The minimum absolute atomic E-state index is 0.121. The number of hydrogen-bond acceptors (Lipinski definition) is 3. The number of carbonyl (C=O) groups is 1. The molecule has 1 aromatic rings. The molecule has 1 saturated heterocycles. The first-order valence-electron chi connectivity index (χ1n) is 8.62. The fourth-order valence-electron chi connectivity index (χ4n) is 2.99. The van der Waals surface area contributed by atoms with Crippen molar-refractivity contribution < 1.29 is 13.9 Å². The van der Waals surface area contributed by atoms with Crippen LogP contribution in [0.15, 0.2) is 12.1 Å². The Morgan fingerprint density at radius 3 is 2.29 bits per heavy atom. The third kappa shape index (κ3) is 5.20. The summed E-state index contributed by atoms with van der Waals surface area (Å²) < 4.78 is 19.1. The Kier molecular flexibility index (Phi) is 5.86. The van der Waals surface area contributed by atoms with Crippen LogP contribution in [0.25, 0.3) is 0 Å². The largest absolute Gasteiger partial charge is 0.444 e. The lowest BCUT2D eigenvalue weighted by atomic mass is 10.0. The number of carbonyl (C=O) groups excluding carboxylic acids is 1. The van der Waals surface area contributed by atoms with Crippen molar-refractivity contribution in [1.29, 1.82) is 0 Å². The number of benzene rings is 1. The predicted octanol–water partition coefficient (Wildman–Crippen LogP) is 3.93. The molecule has 1 aliphatic rings.